The van der Waals surface area contributed by atoms with E-state index in [0.29, 0.717) is 0 Å². The van der Waals surface area contributed by atoms with Crippen LogP contribution in [0.4, 0.5) is 4.79 Å². The van der Waals surface area contributed by atoms with Gasteiger partial charge in [0.15, 0.2) is 0 Å². The van der Waals surface area contributed by atoms with Crippen molar-refractivity contribution in [2.45, 2.75) is 45.4 Å². The summed E-state index contributed by atoms with van der Waals surface area (Å²) in [5.41, 5.74) is 0. The Bertz CT molecular complexity index is 148. The number of nitrogens with zero attached hydrogens (tertiary/aromatic N) is 1. The van der Waals surface area contributed by atoms with Crippen LogP contribution >= 0.6 is 0 Å². The highest BCUT2D eigenvalue weighted by molar-refractivity contribution is 5.66. The summed E-state index contributed by atoms with van der Waals surface area (Å²) in [6, 6.07) is 0. The van der Waals surface area contributed by atoms with Crippen LogP contribution in [0, 0.1) is 0 Å². The van der Waals surface area contributed by atoms with Gasteiger partial charge < -0.3 is 9.64 Å². The molecule has 0 atom stereocenters. The van der Waals surface area contributed by atoms with Crippen LogP contribution in [0.25, 0.3) is 0 Å². The Morgan fingerprint density at radius 2 is 1.71 bits per heavy atom. The topological polar surface area (TPSA) is 29.5 Å². The maximum absolute atomic E-state index is 11.0. The smallest absolute Gasteiger partial charge is 0.409 e. The second kappa shape index (κ2) is 8.85. The van der Waals surface area contributed by atoms with E-state index >= 15 is 0 Å². The first-order valence-corrected chi connectivity index (χ1v) is 5.51. The Morgan fingerprint density at radius 1 is 1.14 bits per heavy atom. The molecule has 0 radical (unpaired) electrons. The third-order valence-electron chi connectivity index (χ3n) is 2.33. The van der Waals surface area contributed by atoms with Crippen molar-refractivity contribution in [3.05, 3.63) is 0 Å². The third-order valence-corrected chi connectivity index (χ3v) is 2.33. The molecule has 84 valence electrons. The van der Waals surface area contributed by atoms with Crippen LogP contribution in [-0.2, 0) is 4.74 Å². The monoisotopic (exact) mass is 201 g/mol. The lowest BCUT2D eigenvalue weighted by Crippen LogP contribution is -2.27. The lowest BCUT2D eigenvalue weighted by atomic mass is 10.1. The predicted molar refractivity (Wildman–Crippen MR) is 58.4 cm³/mol. The Balaban J connectivity index is 3.23. The number of rotatable bonds is 7. The molecule has 0 heterocycles. The van der Waals surface area contributed by atoms with E-state index in [1.807, 2.05) is 0 Å². The normalized spacial score (nSPS) is 9.93. The summed E-state index contributed by atoms with van der Waals surface area (Å²) in [4.78, 5) is 12.6. The SMILES string of the molecule is CCCCCCCCN(C)C(=O)OC. The van der Waals surface area contributed by atoms with Crippen LogP contribution in [0.5, 0.6) is 0 Å². The van der Waals surface area contributed by atoms with Crippen molar-refractivity contribution in [2.75, 3.05) is 20.7 Å². The second-order valence-electron chi connectivity index (χ2n) is 3.66. The number of ether oxygens (including phenoxy) is 1. The Labute approximate surface area is 87.4 Å². The number of carbonyl (C=O) groups excluding carboxylic acids is 1. The Kier molecular flexibility index (Phi) is 8.39. The van der Waals surface area contributed by atoms with Crippen molar-refractivity contribution in [3.63, 3.8) is 0 Å². The van der Waals surface area contributed by atoms with Crippen molar-refractivity contribution in [1.29, 1.82) is 0 Å². The van der Waals surface area contributed by atoms with Gasteiger partial charge in [0.2, 0.25) is 0 Å². The van der Waals surface area contributed by atoms with Crippen molar-refractivity contribution in [1.82, 2.24) is 4.90 Å². The van der Waals surface area contributed by atoms with Gasteiger partial charge in [-0.05, 0) is 6.42 Å². The minimum absolute atomic E-state index is 0.237. The molecule has 0 N–H and O–H groups in total. The minimum atomic E-state index is -0.237. The molecule has 0 unspecified atom stereocenters. The fourth-order valence-corrected chi connectivity index (χ4v) is 1.38. The zero-order valence-electron chi connectivity index (χ0n) is 9.71. The highest BCUT2D eigenvalue weighted by Crippen LogP contribution is 2.05. The van der Waals surface area contributed by atoms with Gasteiger partial charge in [-0.25, -0.2) is 4.79 Å². The number of methoxy groups -OCH3 is 1. The van der Waals surface area contributed by atoms with Gasteiger partial charge in [0, 0.05) is 13.6 Å². The van der Waals surface area contributed by atoms with Crippen molar-refractivity contribution < 1.29 is 9.53 Å². The molecule has 0 rings (SSSR count). The van der Waals surface area contributed by atoms with Crippen molar-refractivity contribution in [2.24, 2.45) is 0 Å². The summed E-state index contributed by atoms with van der Waals surface area (Å²) < 4.78 is 4.59. The van der Waals surface area contributed by atoms with Crippen molar-refractivity contribution in [3.8, 4) is 0 Å². The molecule has 0 aliphatic rings. The van der Waals surface area contributed by atoms with Gasteiger partial charge in [-0.2, -0.15) is 0 Å². The van der Waals surface area contributed by atoms with E-state index in [2.05, 4.69) is 11.7 Å². The molecule has 0 bridgehead atoms. The fourth-order valence-electron chi connectivity index (χ4n) is 1.38. The molecule has 0 saturated carbocycles. The molecule has 0 aliphatic carbocycles. The van der Waals surface area contributed by atoms with E-state index in [0.717, 1.165) is 13.0 Å². The molecule has 0 aliphatic heterocycles. The molecule has 0 aromatic carbocycles. The molecule has 1 amide bonds. The van der Waals surface area contributed by atoms with Crippen LogP contribution in [-0.4, -0.2) is 31.7 Å². The van der Waals surface area contributed by atoms with E-state index in [1.165, 1.54) is 39.2 Å². The van der Waals surface area contributed by atoms with Crippen LogP contribution in [0.15, 0.2) is 0 Å². The summed E-state index contributed by atoms with van der Waals surface area (Å²) in [5.74, 6) is 0. The van der Waals surface area contributed by atoms with Crippen molar-refractivity contribution >= 4 is 6.09 Å². The van der Waals surface area contributed by atoms with Crippen LogP contribution in [0.1, 0.15) is 45.4 Å². The third kappa shape index (κ3) is 6.75. The van der Waals surface area contributed by atoms with Gasteiger partial charge in [0.25, 0.3) is 0 Å². The molecule has 0 aromatic rings. The van der Waals surface area contributed by atoms with E-state index in [-0.39, 0.29) is 6.09 Å². The maximum atomic E-state index is 11.0. The van der Waals surface area contributed by atoms with E-state index in [4.69, 9.17) is 0 Å². The summed E-state index contributed by atoms with van der Waals surface area (Å²) >= 11 is 0. The number of hydrogen-bond donors (Lipinski definition) is 0. The zero-order chi connectivity index (χ0) is 10.8. The molecule has 0 aromatic heterocycles. The molecular weight excluding hydrogens is 178 g/mol. The fraction of sp³-hybridized carbons (Fsp3) is 0.909. The van der Waals surface area contributed by atoms with Gasteiger partial charge in [-0.3, -0.25) is 0 Å². The predicted octanol–water partition coefficient (Wildman–Crippen LogP) is 3.05. The Morgan fingerprint density at radius 3 is 2.29 bits per heavy atom. The molecule has 0 spiro atoms. The van der Waals surface area contributed by atoms with E-state index < -0.39 is 0 Å². The minimum Gasteiger partial charge on any atom is -0.453 e. The quantitative estimate of drug-likeness (QED) is 0.592. The first kappa shape index (κ1) is 13.3. The summed E-state index contributed by atoms with van der Waals surface area (Å²) in [6.07, 6.45) is 7.26. The summed E-state index contributed by atoms with van der Waals surface area (Å²) in [7, 11) is 3.19. The van der Waals surface area contributed by atoms with Gasteiger partial charge in [-0.15, -0.1) is 0 Å². The summed E-state index contributed by atoms with van der Waals surface area (Å²) in [5, 5.41) is 0. The van der Waals surface area contributed by atoms with Gasteiger partial charge in [-0.1, -0.05) is 39.0 Å². The lowest BCUT2D eigenvalue weighted by Gasteiger charge is -2.14. The highest BCUT2D eigenvalue weighted by atomic mass is 16.5. The maximum Gasteiger partial charge on any atom is 0.409 e. The average molecular weight is 201 g/mol. The lowest BCUT2D eigenvalue weighted by molar-refractivity contribution is 0.132. The van der Waals surface area contributed by atoms with E-state index in [1.54, 1.807) is 11.9 Å². The van der Waals surface area contributed by atoms with Gasteiger partial charge in [0.1, 0.15) is 0 Å². The summed E-state index contributed by atoms with van der Waals surface area (Å²) in [6.45, 7) is 3.02. The van der Waals surface area contributed by atoms with Crippen LogP contribution in [0.2, 0.25) is 0 Å². The Hall–Kier alpha value is -0.730. The largest absolute Gasteiger partial charge is 0.453 e. The molecule has 3 nitrogen and oxygen atoms in total. The molecule has 3 heteroatoms. The molecule has 0 fully saturated rings. The van der Waals surface area contributed by atoms with E-state index in [9.17, 15) is 4.79 Å². The van der Waals surface area contributed by atoms with Gasteiger partial charge in [0.05, 0.1) is 7.11 Å². The number of carbonyl (C=O) groups is 1. The number of unbranched alkanes of at least 4 members (excludes halogenated alkanes) is 5. The van der Waals surface area contributed by atoms with Gasteiger partial charge >= 0.3 is 6.09 Å². The molecule has 0 saturated heterocycles. The zero-order valence-corrected chi connectivity index (χ0v) is 9.71. The van der Waals surface area contributed by atoms with Crippen LogP contribution in [0.3, 0.4) is 0 Å². The van der Waals surface area contributed by atoms with Crippen LogP contribution < -0.4 is 0 Å². The average Bonchev–Trinajstić information content (AvgIpc) is 2.21. The number of hydrogen-bond acceptors (Lipinski definition) is 2. The number of amides is 1. The first-order chi connectivity index (χ1) is 6.72. The highest BCUT2D eigenvalue weighted by Gasteiger charge is 2.05. The second-order valence-corrected chi connectivity index (χ2v) is 3.66. The first-order valence-electron chi connectivity index (χ1n) is 5.51. The molecule has 14 heavy (non-hydrogen) atoms. The standard InChI is InChI=1S/C11H23NO2/c1-4-5-6-7-8-9-10-12(2)11(13)14-3/h4-10H2,1-3H3. The molecular formula is C11H23NO2.